The Hall–Kier alpha value is -3.14. The van der Waals surface area contributed by atoms with E-state index >= 15 is 0 Å². The molecule has 0 bridgehead atoms. The third kappa shape index (κ3) is 6.69. The fraction of sp³-hybridized carbons (Fsp3) is 0.435. The number of ether oxygens (including phenoxy) is 2. The van der Waals surface area contributed by atoms with E-state index in [1.807, 2.05) is 0 Å². The zero-order chi connectivity index (χ0) is 25.6. The van der Waals surface area contributed by atoms with Crippen LogP contribution in [0.25, 0.3) is 0 Å². The Morgan fingerprint density at radius 2 is 1.91 bits per heavy atom. The van der Waals surface area contributed by atoms with Crippen molar-refractivity contribution < 1.29 is 27.8 Å². The highest BCUT2D eigenvalue weighted by molar-refractivity contribution is 6.35. The number of pyridine rings is 1. The van der Waals surface area contributed by atoms with Gasteiger partial charge in [0.15, 0.2) is 0 Å². The Labute approximate surface area is 202 Å². The highest BCUT2D eigenvalue weighted by Crippen LogP contribution is 2.34. The van der Waals surface area contributed by atoms with E-state index in [-0.39, 0.29) is 52.8 Å². The number of rotatable bonds is 9. The number of aryl methyl sites for hydroxylation is 1. The molecule has 1 aromatic carbocycles. The molecule has 2 rings (SSSR count). The van der Waals surface area contributed by atoms with Crippen molar-refractivity contribution in [1.29, 1.82) is 0 Å². The number of hydrogen-bond donors (Lipinski definition) is 2. The molecule has 8 nitrogen and oxygen atoms in total. The van der Waals surface area contributed by atoms with E-state index in [0.29, 0.717) is 5.56 Å². The minimum atomic E-state index is -1.25. The van der Waals surface area contributed by atoms with Crippen LogP contribution in [0.3, 0.4) is 0 Å². The van der Waals surface area contributed by atoms with Crippen molar-refractivity contribution in [3.8, 4) is 11.6 Å². The summed E-state index contributed by atoms with van der Waals surface area (Å²) in [7, 11) is 1.39. The first kappa shape index (κ1) is 27.1. The van der Waals surface area contributed by atoms with Crippen LogP contribution in [0, 0.1) is 12.7 Å². The lowest BCUT2D eigenvalue weighted by molar-refractivity contribution is 0.102. The number of carbonyl (C=O) groups is 2. The monoisotopic (exact) mass is 498 g/mol. The molecule has 0 radical (unpaired) electrons. The van der Waals surface area contributed by atoms with Gasteiger partial charge in [0.05, 0.1) is 36.7 Å². The van der Waals surface area contributed by atoms with Crippen LogP contribution in [-0.4, -0.2) is 54.3 Å². The Morgan fingerprint density at radius 3 is 2.47 bits per heavy atom. The number of halogens is 3. The van der Waals surface area contributed by atoms with Crippen molar-refractivity contribution in [2.75, 3.05) is 30.8 Å². The summed E-state index contributed by atoms with van der Waals surface area (Å²) in [4.78, 5) is 30.8. The summed E-state index contributed by atoms with van der Waals surface area (Å²) in [5, 5.41) is 5.15. The maximum Gasteiger partial charge on any atom is 0.322 e. The second-order valence-electron chi connectivity index (χ2n) is 7.84. The van der Waals surface area contributed by atoms with Gasteiger partial charge in [0.25, 0.3) is 5.91 Å². The number of hydrogen-bond acceptors (Lipinski definition) is 5. The average Bonchev–Trinajstić information content (AvgIpc) is 2.76. The van der Waals surface area contributed by atoms with Crippen LogP contribution >= 0.6 is 11.6 Å². The molecule has 0 aliphatic rings. The summed E-state index contributed by atoms with van der Waals surface area (Å²) in [6, 6.07) is 1.50. The minimum absolute atomic E-state index is 0.0425. The number of aromatic nitrogens is 1. The molecule has 1 atom stereocenters. The largest absolute Gasteiger partial charge is 0.490 e. The van der Waals surface area contributed by atoms with Gasteiger partial charge in [-0.2, -0.15) is 0 Å². The van der Waals surface area contributed by atoms with Crippen molar-refractivity contribution >= 4 is 34.9 Å². The van der Waals surface area contributed by atoms with Crippen molar-refractivity contribution in [3.05, 3.63) is 40.3 Å². The fourth-order valence-electron chi connectivity index (χ4n) is 3.06. The molecule has 11 heteroatoms. The van der Waals surface area contributed by atoms with Gasteiger partial charge in [-0.3, -0.25) is 4.79 Å². The quantitative estimate of drug-likeness (QED) is 0.480. The predicted octanol–water partition coefficient (Wildman–Crippen LogP) is 5.44. The van der Waals surface area contributed by atoms with Crippen LogP contribution in [0.5, 0.6) is 11.6 Å². The van der Waals surface area contributed by atoms with Crippen LogP contribution in [0.2, 0.25) is 5.02 Å². The number of carbonyl (C=O) groups excluding carboxylic acids is 2. The van der Waals surface area contributed by atoms with E-state index in [0.717, 1.165) is 6.07 Å². The summed E-state index contributed by atoms with van der Waals surface area (Å²) < 4.78 is 39.1. The molecule has 2 N–H and O–H groups in total. The normalized spacial score (nSPS) is 11.7. The van der Waals surface area contributed by atoms with Gasteiger partial charge < -0.3 is 25.0 Å². The SMILES string of the molecule is CCN(CC(C)F)C(=O)Nc1cc(OC(C)C)c(C(=O)Nc2c(C)cnc(OC)c2Cl)cc1F. The first-order chi connectivity index (χ1) is 16.0. The van der Waals surface area contributed by atoms with E-state index in [4.69, 9.17) is 21.1 Å². The van der Waals surface area contributed by atoms with Crippen molar-refractivity contribution in [2.24, 2.45) is 0 Å². The van der Waals surface area contributed by atoms with Crippen molar-refractivity contribution in [1.82, 2.24) is 9.88 Å². The second-order valence-corrected chi connectivity index (χ2v) is 8.22. The number of alkyl halides is 1. The van der Waals surface area contributed by atoms with Gasteiger partial charge in [-0.25, -0.2) is 18.6 Å². The molecule has 186 valence electrons. The smallest absolute Gasteiger partial charge is 0.322 e. The molecule has 1 heterocycles. The maximum atomic E-state index is 14.9. The molecule has 1 unspecified atom stereocenters. The maximum absolute atomic E-state index is 14.9. The highest BCUT2D eigenvalue weighted by Gasteiger charge is 2.23. The molecule has 34 heavy (non-hydrogen) atoms. The van der Waals surface area contributed by atoms with E-state index in [1.165, 1.54) is 31.2 Å². The molecule has 0 fully saturated rings. The van der Waals surface area contributed by atoms with Crippen molar-refractivity contribution in [3.63, 3.8) is 0 Å². The van der Waals surface area contributed by atoms with Gasteiger partial charge in [-0.1, -0.05) is 11.6 Å². The van der Waals surface area contributed by atoms with Gasteiger partial charge in [0, 0.05) is 18.8 Å². The summed E-state index contributed by atoms with van der Waals surface area (Å²) in [6.07, 6.45) is -0.127. The summed E-state index contributed by atoms with van der Waals surface area (Å²) in [5.74, 6) is -1.39. The molecule has 3 amide bonds. The molecular formula is C23H29ClF2N4O4. The fourth-order valence-corrected chi connectivity index (χ4v) is 3.39. The second kappa shape index (κ2) is 11.8. The Balaban J connectivity index is 2.41. The Bertz CT molecular complexity index is 1050. The Morgan fingerprint density at radius 1 is 1.24 bits per heavy atom. The average molecular weight is 499 g/mol. The number of methoxy groups -OCH3 is 1. The van der Waals surface area contributed by atoms with Gasteiger partial charge in [-0.15, -0.1) is 0 Å². The lowest BCUT2D eigenvalue weighted by Crippen LogP contribution is -2.38. The third-order valence-corrected chi connectivity index (χ3v) is 5.02. The standard InChI is InChI=1S/C23H29ClF2N4O4/c1-7-30(11-14(5)25)23(32)28-17-9-18(34-12(2)3)15(8-16(17)26)21(31)29-20-13(4)10-27-22(33-6)19(20)24/h8-10,12,14H,7,11H2,1-6H3,(H,28,32)(H,27,29,31). The zero-order valence-corrected chi connectivity index (χ0v) is 20.7. The van der Waals surface area contributed by atoms with Crippen LogP contribution < -0.4 is 20.1 Å². The first-order valence-corrected chi connectivity index (χ1v) is 11.1. The molecule has 2 aromatic rings. The number of anilines is 2. The lowest BCUT2D eigenvalue weighted by Gasteiger charge is -2.23. The number of nitrogens with one attached hydrogen (secondary N) is 2. The first-order valence-electron chi connectivity index (χ1n) is 10.7. The molecular weight excluding hydrogens is 470 g/mol. The number of nitrogens with zero attached hydrogens (tertiary/aromatic N) is 2. The van der Waals surface area contributed by atoms with Crippen LogP contribution in [0.15, 0.2) is 18.3 Å². The van der Waals surface area contributed by atoms with Gasteiger partial charge in [0.2, 0.25) is 5.88 Å². The topological polar surface area (TPSA) is 92.8 Å². The highest BCUT2D eigenvalue weighted by atomic mass is 35.5. The molecule has 0 spiro atoms. The van der Waals surface area contributed by atoms with Gasteiger partial charge in [-0.05, 0) is 46.2 Å². The zero-order valence-electron chi connectivity index (χ0n) is 20.0. The van der Waals surface area contributed by atoms with Crippen LogP contribution in [0.1, 0.15) is 43.6 Å². The summed E-state index contributed by atoms with van der Waals surface area (Å²) >= 11 is 6.28. The molecule has 1 aromatic heterocycles. The lowest BCUT2D eigenvalue weighted by atomic mass is 10.1. The van der Waals surface area contributed by atoms with Gasteiger partial charge in [0.1, 0.15) is 22.8 Å². The molecule has 0 aliphatic carbocycles. The number of urea groups is 1. The van der Waals surface area contributed by atoms with E-state index in [9.17, 15) is 18.4 Å². The minimum Gasteiger partial charge on any atom is -0.490 e. The third-order valence-electron chi connectivity index (χ3n) is 4.67. The van der Waals surface area contributed by atoms with E-state index in [2.05, 4.69) is 15.6 Å². The summed E-state index contributed by atoms with van der Waals surface area (Å²) in [6.45, 7) is 8.25. The van der Waals surface area contributed by atoms with E-state index < -0.39 is 23.9 Å². The number of benzene rings is 1. The Kier molecular flexibility index (Phi) is 9.43. The number of amides is 3. The summed E-state index contributed by atoms with van der Waals surface area (Å²) in [5.41, 5.74) is 0.504. The van der Waals surface area contributed by atoms with Crippen LogP contribution in [-0.2, 0) is 0 Å². The van der Waals surface area contributed by atoms with E-state index in [1.54, 1.807) is 27.7 Å². The van der Waals surface area contributed by atoms with Crippen LogP contribution in [0.4, 0.5) is 25.0 Å². The van der Waals surface area contributed by atoms with Gasteiger partial charge >= 0.3 is 6.03 Å². The van der Waals surface area contributed by atoms with Crippen molar-refractivity contribution in [2.45, 2.75) is 46.9 Å². The molecule has 0 saturated carbocycles. The molecule has 0 aliphatic heterocycles. The molecule has 0 saturated heterocycles. The predicted molar refractivity (Wildman–Crippen MR) is 127 cm³/mol.